The lowest BCUT2D eigenvalue weighted by Crippen LogP contribution is -2.32. The van der Waals surface area contributed by atoms with Gasteiger partial charge in [-0.1, -0.05) is 12.1 Å². The number of rotatable bonds is 8. The second-order valence-corrected chi connectivity index (χ2v) is 7.89. The highest BCUT2D eigenvalue weighted by molar-refractivity contribution is 7.89. The molecule has 0 aliphatic heterocycles. The maximum absolute atomic E-state index is 12.9. The van der Waals surface area contributed by atoms with Gasteiger partial charge in [0.15, 0.2) is 0 Å². The van der Waals surface area contributed by atoms with E-state index in [0.29, 0.717) is 12.1 Å². The van der Waals surface area contributed by atoms with Gasteiger partial charge in [-0.05, 0) is 42.0 Å². The predicted molar refractivity (Wildman–Crippen MR) is 103 cm³/mol. The van der Waals surface area contributed by atoms with Crippen LogP contribution in [0, 0.1) is 5.82 Å². The van der Waals surface area contributed by atoms with Crippen molar-refractivity contribution in [1.29, 1.82) is 0 Å². The van der Waals surface area contributed by atoms with E-state index in [1.165, 1.54) is 4.90 Å². The van der Waals surface area contributed by atoms with Crippen molar-refractivity contribution in [2.24, 2.45) is 0 Å². The van der Waals surface area contributed by atoms with Gasteiger partial charge in [-0.3, -0.25) is 9.59 Å². The third kappa shape index (κ3) is 5.86. The minimum Gasteiger partial charge on any atom is -0.355 e. The molecule has 2 amide bonds. The first-order valence-corrected chi connectivity index (χ1v) is 10.0. The Morgan fingerprint density at radius 1 is 1.04 bits per heavy atom. The molecule has 2 rings (SSSR count). The number of amides is 2. The zero-order valence-corrected chi connectivity index (χ0v) is 16.4. The lowest BCUT2D eigenvalue weighted by Gasteiger charge is -2.17. The average molecular weight is 407 g/mol. The molecule has 0 bridgehead atoms. The summed E-state index contributed by atoms with van der Waals surface area (Å²) in [6, 6.07) is 11.3. The fourth-order valence-electron chi connectivity index (χ4n) is 2.45. The molecule has 0 heterocycles. The molecular weight excluding hydrogens is 385 g/mol. The quantitative estimate of drug-likeness (QED) is 0.693. The van der Waals surface area contributed by atoms with Gasteiger partial charge in [0.25, 0.3) is 5.91 Å². The summed E-state index contributed by atoms with van der Waals surface area (Å²) < 4.78 is 39.4. The maximum Gasteiger partial charge on any atom is 0.251 e. The summed E-state index contributed by atoms with van der Waals surface area (Å²) in [4.78, 5) is 25.1. The van der Waals surface area contributed by atoms with E-state index in [9.17, 15) is 22.4 Å². The van der Waals surface area contributed by atoms with Crippen LogP contribution in [0.5, 0.6) is 0 Å². The van der Waals surface area contributed by atoms with E-state index < -0.39 is 15.8 Å². The third-order valence-corrected chi connectivity index (χ3v) is 5.52. The van der Waals surface area contributed by atoms with Crippen LogP contribution in [0.1, 0.15) is 22.3 Å². The van der Waals surface area contributed by atoms with Crippen molar-refractivity contribution in [1.82, 2.24) is 14.9 Å². The molecule has 2 aromatic carbocycles. The number of sulfonamides is 1. The van der Waals surface area contributed by atoms with Crippen LogP contribution in [-0.2, 0) is 21.4 Å². The van der Waals surface area contributed by atoms with Crippen molar-refractivity contribution in [3.63, 3.8) is 0 Å². The third-order valence-electron chi connectivity index (χ3n) is 4.04. The summed E-state index contributed by atoms with van der Waals surface area (Å²) in [7, 11) is -0.635. The van der Waals surface area contributed by atoms with Gasteiger partial charge in [-0.2, -0.15) is 0 Å². The number of nitrogens with zero attached hydrogens (tertiary/aromatic N) is 1. The van der Waals surface area contributed by atoms with E-state index in [4.69, 9.17) is 0 Å². The first-order valence-electron chi connectivity index (χ1n) is 8.53. The van der Waals surface area contributed by atoms with Crippen molar-refractivity contribution in [2.75, 3.05) is 20.6 Å². The van der Waals surface area contributed by atoms with Crippen LogP contribution in [0.4, 0.5) is 4.39 Å². The Balaban J connectivity index is 1.85. The van der Waals surface area contributed by atoms with Gasteiger partial charge >= 0.3 is 0 Å². The molecule has 0 aliphatic carbocycles. The summed E-state index contributed by atoms with van der Waals surface area (Å²) in [6.07, 6.45) is -0.0206. The van der Waals surface area contributed by atoms with Crippen molar-refractivity contribution < 1.29 is 22.4 Å². The number of carbonyl (C=O) groups is 2. The largest absolute Gasteiger partial charge is 0.355 e. The molecule has 0 radical (unpaired) electrons. The fraction of sp³-hybridized carbons (Fsp3) is 0.263. The number of hydrogen-bond donors (Lipinski definition) is 2. The highest BCUT2D eigenvalue weighted by atomic mass is 32.2. The molecule has 0 atom stereocenters. The van der Waals surface area contributed by atoms with Gasteiger partial charge in [0, 0.05) is 39.2 Å². The molecule has 0 fully saturated rings. The van der Waals surface area contributed by atoms with Crippen molar-refractivity contribution in [2.45, 2.75) is 17.9 Å². The molecule has 0 saturated heterocycles. The maximum atomic E-state index is 12.9. The first kappa shape index (κ1) is 21.5. The Morgan fingerprint density at radius 3 is 2.21 bits per heavy atom. The average Bonchev–Trinajstić information content (AvgIpc) is 2.68. The van der Waals surface area contributed by atoms with E-state index in [1.54, 1.807) is 38.4 Å². The van der Waals surface area contributed by atoms with Gasteiger partial charge in [-0.25, -0.2) is 17.5 Å². The van der Waals surface area contributed by atoms with Crippen LogP contribution < -0.4 is 10.0 Å². The Hall–Kier alpha value is -2.78. The van der Waals surface area contributed by atoms with Crippen LogP contribution in [0.2, 0.25) is 0 Å². The minimum absolute atomic E-state index is 0.0206. The molecular formula is C19H22FN3O4S. The minimum atomic E-state index is -3.80. The highest BCUT2D eigenvalue weighted by Gasteiger charge is 2.15. The standard InChI is InChI=1S/C19H22FN3O4S/c1-21-19(25)15-5-3-14(4-6-15)13-23(2)18(24)11-12-22-28(26,27)17-9-7-16(20)8-10-17/h3-10,22H,11-13H2,1-2H3,(H,21,25). The molecule has 9 heteroatoms. The van der Waals surface area contributed by atoms with Gasteiger partial charge < -0.3 is 10.2 Å². The monoisotopic (exact) mass is 407 g/mol. The summed E-state index contributed by atoms with van der Waals surface area (Å²) in [5, 5.41) is 2.53. The number of carbonyl (C=O) groups excluding carboxylic acids is 2. The normalized spacial score (nSPS) is 11.1. The molecule has 2 N–H and O–H groups in total. The van der Waals surface area contributed by atoms with Crippen LogP contribution in [-0.4, -0.2) is 45.8 Å². The highest BCUT2D eigenvalue weighted by Crippen LogP contribution is 2.10. The van der Waals surface area contributed by atoms with E-state index in [-0.39, 0.29) is 29.7 Å². The molecule has 150 valence electrons. The van der Waals surface area contributed by atoms with Crippen LogP contribution in [0.25, 0.3) is 0 Å². The second kappa shape index (κ2) is 9.43. The van der Waals surface area contributed by atoms with E-state index in [2.05, 4.69) is 10.0 Å². The Morgan fingerprint density at radius 2 is 1.64 bits per heavy atom. The zero-order valence-electron chi connectivity index (χ0n) is 15.6. The lowest BCUT2D eigenvalue weighted by molar-refractivity contribution is -0.130. The molecule has 0 unspecified atom stereocenters. The molecule has 0 aliphatic rings. The van der Waals surface area contributed by atoms with Crippen molar-refractivity contribution in [3.05, 3.63) is 65.5 Å². The number of hydrogen-bond acceptors (Lipinski definition) is 4. The first-order chi connectivity index (χ1) is 13.2. The van der Waals surface area contributed by atoms with Crippen LogP contribution in [0.15, 0.2) is 53.4 Å². The van der Waals surface area contributed by atoms with E-state index >= 15 is 0 Å². The predicted octanol–water partition coefficient (Wildman–Crippen LogP) is 1.51. The Kier molecular flexibility index (Phi) is 7.24. The molecule has 7 nitrogen and oxygen atoms in total. The number of nitrogens with one attached hydrogen (secondary N) is 2. The summed E-state index contributed by atoms with van der Waals surface area (Å²) in [5.41, 5.74) is 1.37. The van der Waals surface area contributed by atoms with Gasteiger partial charge in [0.05, 0.1) is 4.90 Å². The number of benzene rings is 2. The molecule has 0 aromatic heterocycles. The molecule has 28 heavy (non-hydrogen) atoms. The summed E-state index contributed by atoms with van der Waals surface area (Å²) in [6.45, 7) is 0.260. The van der Waals surface area contributed by atoms with E-state index in [1.807, 2.05) is 0 Å². The van der Waals surface area contributed by atoms with Crippen molar-refractivity contribution in [3.8, 4) is 0 Å². The fourth-order valence-corrected chi connectivity index (χ4v) is 3.48. The molecule has 2 aromatic rings. The van der Waals surface area contributed by atoms with E-state index in [0.717, 1.165) is 29.8 Å². The van der Waals surface area contributed by atoms with Crippen LogP contribution >= 0.6 is 0 Å². The topological polar surface area (TPSA) is 95.6 Å². The Labute approximate surface area is 163 Å². The molecule has 0 spiro atoms. The zero-order chi connectivity index (χ0) is 20.7. The lowest BCUT2D eigenvalue weighted by atomic mass is 10.1. The summed E-state index contributed by atoms with van der Waals surface area (Å²) >= 11 is 0. The van der Waals surface area contributed by atoms with Gasteiger partial charge in [0.2, 0.25) is 15.9 Å². The van der Waals surface area contributed by atoms with Crippen LogP contribution in [0.3, 0.4) is 0 Å². The van der Waals surface area contributed by atoms with Crippen molar-refractivity contribution >= 4 is 21.8 Å². The molecule has 0 saturated carbocycles. The SMILES string of the molecule is CNC(=O)c1ccc(CN(C)C(=O)CCNS(=O)(=O)c2ccc(F)cc2)cc1. The smallest absolute Gasteiger partial charge is 0.251 e. The van der Waals surface area contributed by atoms with Gasteiger partial charge in [-0.15, -0.1) is 0 Å². The van der Waals surface area contributed by atoms with Gasteiger partial charge in [0.1, 0.15) is 5.82 Å². The second-order valence-electron chi connectivity index (χ2n) is 6.13. The summed E-state index contributed by atoms with van der Waals surface area (Å²) in [5.74, 6) is -0.958. The number of halogens is 1. The Bertz CT molecular complexity index is 929.